The molecule has 0 unspecified atom stereocenters. The average Bonchev–Trinajstić information content (AvgIpc) is 2.88. The summed E-state index contributed by atoms with van der Waals surface area (Å²) in [6.07, 6.45) is 4.29. The first-order valence-corrected chi connectivity index (χ1v) is 6.71. The molecule has 2 heterocycles. The predicted molar refractivity (Wildman–Crippen MR) is 76.1 cm³/mol. The number of aryl methyl sites for hydroxylation is 1. The van der Waals surface area contributed by atoms with Crippen LogP contribution in [-0.2, 0) is 6.42 Å². The third-order valence-corrected chi connectivity index (χ3v) is 3.35. The molecule has 0 bridgehead atoms. The van der Waals surface area contributed by atoms with Crippen molar-refractivity contribution in [2.24, 2.45) is 0 Å². The number of pyridine rings is 1. The first kappa shape index (κ1) is 12.4. The summed E-state index contributed by atoms with van der Waals surface area (Å²) in [5, 5.41) is 9.76. The fraction of sp³-hybridized carbons (Fsp3) is 0.154. The van der Waals surface area contributed by atoms with Gasteiger partial charge in [-0.1, -0.05) is 16.8 Å². The van der Waals surface area contributed by atoms with Crippen LogP contribution in [0.4, 0.5) is 0 Å². The normalized spacial score (nSPS) is 11.1. The molecular weight excluding hydrogens is 283 g/mol. The van der Waals surface area contributed by atoms with Crippen LogP contribution in [0.15, 0.2) is 36.7 Å². The first-order chi connectivity index (χ1) is 9.29. The fourth-order valence-corrected chi connectivity index (χ4v) is 2.34. The zero-order valence-corrected chi connectivity index (χ0v) is 11.4. The summed E-state index contributed by atoms with van der Waals surface area (Å²) in [5.74, 6) is 0.526. The maximum atomic E-state index is 6.17. The van der Waals surface area contributed by atoms with Crippen molar-refractivity contribution in [3.63, 3.8) is 0 Å². The molecular formula is C13H10Cl2N4. The van der Waals surface area contributed by atoms with Gasteiger partial charge in [0.1, 0.15) is 0 Å². The highest BCUT2D eigenvalue weighted by Gasteiger charge is 2.09. The monoisotopic (exact) mass is 292 g/mol. The smallest absolute Gasteiger partial charge is 0.0974 e. The molecule has 0 saturated heterocycles. The Morgan fingerprint density at radius 2 is 2.11 bits per heavy atom. The van der Waals surface area contributed by atoms with E-state index in [0.717, 1.165) is 22.3 Å². The summed E-state index contributed by atoms with van der Waals surface area (Å²) in [7, 11) is 0. The number of aromatic nitrogens is 4. The number of benzene rings is 1. The van der Waals surface area contributed by atoms with Crippen LogP contribution in [0.25, 0.3) is 16.6 Å². The van der Waals surface area contributed by atoms with E-state index < -0.39 is 0 Å². The van der Waals surface area contributed by atoms with Crippen LogP contribution in [0.2, 0.25) is 5.02 Å². The molecule has 0 atom stereocenters. The Balaban J connectivity index is 2.16. The van der Waals surface area contributed by atoms with E-state index in [1.54, 1.807) is 10.9 Å². The number of halogens is 2. The number of nitrogens with zero attached hydrogens (tertiary/aromatic N) is 4. The van der Waals surface area contributed by atoms with Gasteiger partial charge in [0.2, 0.25) is 0 Å². The van der Waals surface area contributed by atoms with Crippen molar-refractivity contribution in [2.45, 2.75) is 6.42 Å². The van der Waals surface area contributed by atoms with E-state index in [4.69, 9.17) is 23.2 Å². The third-order valence-electron chi connectivity index (χ3n) is 2.83. The second-order valence-corrected chi connectivity index (χ2v) is 4.84. The van der Waals surface area contributed by atoms with E-state index in [1.165, 1.54) is 0 Å². The molecule has 0 radical (unpaired) electrons. The van der Waals surface area contributed by atoms with Gasteiger partial charge in [0.25, 0.3) is 0 Å². The lowest BCUT2D eigenvalue weighted by atomic mass is 10.2. The molecule has 4 nitrogen and oxygen atoms in total. The molecule has 0 aliphatic heterocycles. The molecule has 0 N–H and O–H groups in total. The number of hydrogen-bond acceptors (Lipinski definition) is 3. The molecule has 0 fully saturated rings. The quantitative estimate of drug-likeness (QED) is 0.696. The van der Waals surface area contributed by atoms with Gasteiger partial charge < -0.3 is 0 Å². The second-order valence-electron chi connectivity index (χ2n) is 4.06. The van der Waals surface area contributed by atoms with Gasteiger partial charge in [0.05, 0.1) is 28.1 Å². The summed E-state index contributed by atoms with van der Waals surface area (Å²) >= 11 is 11.9. The highest BCUT2D eigenvalue weighted by atomic mass is 35.5. The summed E-state index contributed by atoms with van der Waals surface area (Å²) in [5.41, 5.74) is 2.51. The Bertz CT molecular complexity index is 723. The Hall–Kier alpha value is -1.65. The van der Waals surface area contributed by atoms with Crippen LogP contribution in [0.3, 0.4) is 0 Å². The van der Waals surface area contributed by atoms with Gasteiger partial charge in [-0.05, 0) is 24.3 Å². The van der Waals surface area contributed by atoms with Crippen LogP contribution in [-0.4, -0.2) is 25.9 Å². The van der Waals surface area contributed by atoms with Gasteiger partial charge in [-0.2, -0.15) is 0 Å². The van der Waals surface area contributed by atoms with Gasteiger partial charge in [0.15, 0.2) is 0 Å². The second kappa shape index (κ2) is 5.15. The number of hydrogen-bond donors (Lipinski definition) is 0. The molecule has 0 spiro atoms. The number of fused-ring (bicyclic) bond motifs is 1. The zero-order valence-electron chi connectivity index (χ0n) is 9.92. The molecule has 96 valence electrons. The Morgan fingerprint density at radius 1 is 1.21 bits per heavy atom. The van der Waals surface area contributed by atoms with Crippen molar-refractivity contribution in [2.75, 3.05) is 5.88 Å². The van der Waals surface area contributed by atoms with Crippen molar-refractivity contribution in [3.05, 3.63) is 47.4 Å². The van der Waals surface area contributed by atoms with Crippen LogP contribution in [0, 0.1) is 0 Å². The Kier molecular flexibility index (Phi) is 3.36. The number of alkyl halides is 1. The van der Waals surface area contributed by atoms with Gasteiger partial charge in [-0.3, -0.25) is 4.98 Å². The van der Waals surface area contributed by atoms with Gasteiger partial charge in [-0.15, -0.1) is 16.7 Å². The molecule has 0 amide bonds. The van der Waals surface area contributed by atoms with Crippen molar-refractivity contribution in [3.8, 4) is 5.69 Å². The predicted octanol–water partition coefficient (Wildman–Crippen LogP) is 3.25. The zero-order chi connectivity index (χ0) is 13.2. The van der Waals surface area contributed by atoms with Crippen LogP contribution in [0.1, 0.15) is 5.69 Å². The SMILES string of the molecule is ClCCc1cn(-c2ccc(Cl)c3cccnc23)nn1. The Labute approximate surface area is 120 Å². The van der Waals surface area contributed by atoms with E-state index in [2.05, 4.69) is 15.3 Å². The number of rotatable bonds is 3. The lowest BCUT2D eigenvalue weighted by molar-refractivity contribution is 0.801. The lowest BCUT2D eigenvalue weighted by Crippen LogP contribution is -1.97. The van der Waals surface area contributed by atoms with Gasteiger partial charge >= 0.3 is 0 Å². The van der Waals surface area contributed by atoms with Crippen molar-refractivity contribution in [1.29, 1.82) is 0 Å². The van der Waals surface area contributed by atoms with Gasteiger partial charge in [0, 0.05) is 23.9 Å². The molecule has 6 heteroatoms. The summed E-state index contributed by atoms with van der Waals surface area (Å²) in [6, 6.07) is 7.52. The fourth-order valence-electron chi connectivity index (χ4n) is 1.94. The minimum atomic E-state index is 0.526. The third kappa shape index (κ3) is 2.29. The van der Waals surface area contributed by atoms with Crippen molar-refractivity contribution >= 4 is 34.1 Å². The van der Waals surface area contributed by atoms with Crippen LogP contribution < -0.4 is 0 Å². The summed E-state index contributed by atoms with van der Waals surface area (Å²) in [6.45, 7) is 0. The highest BCUT2D eigenvalue weighted by Crippen LogP contribution is 2.26. The molecule has 0 saturated carbocycles. The first-order valence-electron chi connectivity index (χ1n) is 5.80. The van der Waals surface area contributed by atoms with Crippen LogP contribution >= 0.6 is 23.2 Å². The molecule has 19 heavy (non-hydrogen) atoms. The Morgan fingerprint density at radius 3 is 2.95 bits per heavy atom. The molecule has 1 aromatic carbocycles. The maximum absolute atomic E-state index is 6.17. The van der Waals surface area contributed by atoms with Crippen molar-refractivity contribution in [1.82, 2.24) is 20.0 Å². The molecule has 2 aromatic heterocycles. The van der Waals surface area contributed by atoms with E-state index in [0.29, 0.717) is 17.3 Å². The summed E-state index contributed by atoms with van der Waals surface area (Å²) < 4.78 is 1.70. The minimum Gasteiger partial charge on any atom is -0.254 e. The van der Waals surface area contributed by atoms with Gasteiger partial charge in [-0.25, -0.2) is 4.68 Å². The van der Waals surface area contributed by atoms with Crippen LogP contribution in [0.5, 0.6) is 0 Å². The molecule has 0 aliphatic carbocycles. The van der Waals surface area contributed by atoms with E-state index in [1.807, 2.05) is 30.5 Å². The standard InChI is InChI=1S/C13H10Cl2N4/c14-6-5-9-8-19(18-17-9)12-4-3-11(15)10-2-1-7-16-13(10)12/h1-4,7-8H,5-6H2. The largest absolute Gasteiger partial charge is 0.254 e. The highest BCUT2D eigenvalue weighted by molar-refractivity contribution is 6.35. The van der Waals surface area contributed by atoms with E-state index in [9.17, 15) is 0 Å². The van der Waals surface area contributed by atoms with E-state index in [-0.39, 0.29) is 0 Å². The van der Waals surface area contributed by atoms with Crippen molar-refractivity contribution < 1.29 is 0 Å². The molecule has 0 aliphatic rings. The summed E-state index contributed by atoms with van der Waals surface area (Å²) in [4.78, 5) is 4.37. The molecule has 3 rings (SSSR count). The minimum absolute atomic E-state index is 0.526. The topological polar surface area (TPSA) is 43.6 Å². The molecule has 3 aromatic rings. The average molecular weight is 293 g/mol. The maximum Gasteiger partial charge on any atom is 0.0974 e. The lowest BCUT2D eigenvalue weighted by Gasteiger charge is -2.05. The van der Waals surface area contributed by atoms with E-state index >= 15 is 0 Å².